The fourth-order valence-corrected chi connectivity index (χ4v) is 3.86. The zero-order valence-corrected chi connectivity index (χ0v) is 14.3. The minimum absolute atomic E-state index is 0.317. The summed E-state index contributed by atoms with van der Waals surface area (Å²) in [5.41, 5.74) is 3.69. The number of nitrogens with zero attached hydrogens (tertiary/aromatic N) is 3. The maximum absolute atomic E-state index is 9.45. The number of aromatic nitrogens is 2. The zero-order valence-electron chi connectivity index (χ0n) is 14.3. The predicted octanol–water partition coefficient (Wildman–Crippen LogP) is 3.56. The lowest BCUT2D eigenvalue weighted by Gasteiger charge is -2.19. The number of aromatic hydroxyl groups is 1. The van der Waals surface area contributed by atoms with Gasteiger partial charge in [-0.1, -0.05) is 12.1 Å². The first kappa shape index (κ1) is 15.5. The van der Waals surface area contributed by atoms with E-state index in [1.807, 2.05) is 12.1 Å². The van der Waals surface area contributed by atoms with Gasteiger partial charge >= 0.3 is 0 Å². The smallest absolute Gasteiger partial charge is 0.115 e. The maximum atomic E-state index is 9.45. The van der Waals surface area contributed by atoms with E-state index < -0.39 is 0 Å². The van der Waals surface area contributed by atoms with Crippen LogP contribution < -0.4 is 0 Å². The first-order chi connectivity index (χ1) is 11.7. The molecule has 1 aromatic carbocycles. The van der Waals surface area contributed by atoms with Gasteiger partial charge in [-0.3, -0.25) is 0 Å². The molecule has 0 radical (unpaired) electrons. The summed E-state index contributed by atoms with van der Waals surface area (Å²) in [6, 6.07) is 8.20. The Labute approximate surface area is 143 Å². The molecule has 4 nitrogen and oxygen atoms in total. The van der Waals surface area contributed by atoms with Gasteiger partial charge in [-0.05, 0) is 56.0 Å². The number of rotatable bonds is 4. The Bertz CT molecular complexity index is 745. The van der Waals surface area contributed by atoms with Crippen LogP contribution in [0.15, 0.2) is 30.5 Å². The van der Waals surface area contributed by atoms with E-state index in [9.17, 15) is 5.11 Å². The number of phenolic OH excluding ortho intramolecular Hbond substituents is 1. The highest BCUT2D eigenvalue weighted by Crippen LogP contribution is 2.27. The summed E-state index contributed by atoms with van der Waals surface area (Å²) >= 11 is 0. The molecule has 0 spiro atoms. The van der Waals surface area contributed by atoms with Crippen molar-refractivity contribution in [3.05, 3.63) is 47.5 Å². The molecule has 2 aliphatic rings. The van der Waals surface area contributed by atoms with Gasteiger partial charge < -0.3 is 14.6 Å². The normalized spacial score (nSPS) is 20.9. The van der Waals surface area contributed by atoms with Gasteiger partial charge in [0.2, 0.25) is 0 Å². The third-order valence-corrected chi connectivity index (χ3v) is 5.36. The van der Waals surface area contributed by atoms with Gasteiger partial charge in [-0.15, -0.1) is 0 Å². The van der Waals surface area contributed by atoms with Crippen molar-refractivity contribution in [3.63, 3.8) is 0 Å². The zero-order chi connectivity index (χ0) is 16.5. The molecule has 3 heterocycles. The molecule has 1 atom stereocenters. The number of hydrogen-bond donors (Lipinski definition) is 1. The van der Waals surface area contributed by atoms with E-state index in [0.29, 0.717) is 5.75 Å². The first-order valence-electron chi connectivity index (χ1n) is 9.00. The molecule has 1 saturated heterocycles. The SMILES string of the molecule is C[C@@H]1CCCN1CCc1cn2c(n1)CCC(c1ccc(O)cc1)=C2. The van der Waals surface area contributed by atoms with Crippen LogP contribution >= 0.6 is 0 Å². The van der Waals surface area contributed by atoms with Crippen molar-refractivity contribution in [2.75, 3.05) is 13.1 Å². The van der Waals surface area contributed by atoms with E-state index >= 15 is 0 Å². The topological polar surface area (TPSA) is 41.3 Å². The van der Waals surface area contributed by atoms with Crippen LogP contribution in [0, 0.1) is 0 Å². The average molecular weight is 323 g/mol. The molecule has 24 heavy (non-hydrogen) atoms. The number of benzene rings is 1. The van der Waals surface area contributed by atoms with Crippen molar-refractivity contribution in [3.8, 4) is 5.75 Å². The summed E-state index contributed by atoms with van der Waals surface area (Å²) in [6.07, 6.45) is 10.1. The number of phenols is 1. The average Bonchev–Trinajstić information content (AvgIpc) is 3.18. The van der Waals surface area contributed by atoms with Gasteiger partial charge in [0, 0.05) is 37.8 Å². The second kappa shape index (κ2) is 6.44. The minimum atomic E-state index is 0.317. The lowest BCUT2D eigenvalue weighted by Crippen LogP contribution is -2.29. The van der Waals surface area contributed by atoms with E-state index in [4.69, 9.17) is 4.98 Å². The fraction of sp³-hybridized carbons (Fsp3) is 0.450. The summed E-state index contributed by atoms with van der Waals surface area (Å²) < 4.78 is 2.19. The Morgan fingerprint density at radius 3 is 2.79 bits per heavy atom. The fourth-order valence-electron chi connectivity index (χ4n) is 3.86. The van der Waals surface area contributed by atoms with E-state index in [-0.39, 0.29) is 0 Å². The molecule has 1 N–H and O–H groups in total. The number of hydrogen-bond acceptors (Lipinski definition) is 3. The van der Waals surface area contributed by atoms with E-state index in [2.05, 4.69) is 28.8 Å². The van der Waals surface area contributed by atoms with Crippen LogP contribution in [0.3, 0.4) is 0 Å². The van der Waals surface area contributed by atoms with Gasteiger partial charge in [0.15, 0.2) is 0 Å². The van der Waals surface area contributed by atoms with Crippen LogP contribution in [0.25, 0.3) is 11.8 Å². The molecule has 2 aliphatic heterocycles. The maximum Gasteiger partial charge on any atom is 0.115 e. The highest BCUT2D eigenvalue weighted by Gasteiger charge is 2.20. The molecule has 2 aromatic rings. The summed E-state index contributed by atoms with van der Waals surface area (Å²) in [7, 11) is 0. The molecule has 1 aromatic heterocycles. The van der Waals surface area contributed by atoms with Gasteiger partial charge in [-0.25, -0.2) is 4.98 Å². The molecule has 0 aliphatic carbocycles. The van der Waals surface area contributed by atoms with Crippen LogP contribution in [0.5, 0.6) is 5.75 Å². The summed E-state index contributed by atoms with van der Waals surface area (Å²) in [5, 5.41) is 9.45. The van der Waals surface area contributed by atoms with Crippen molar-refractivity contribution in [2.24, 2.45) is 0 Å². The number of imidazole rings is 1. The van der Waals surface area contributed by atoms with Crippen molar-refractivity contribution in [1.82, 2.24) is 14.5 Å². The largest absolute Gasteiger partial charge is 0.508 e. The van der Waals surface area contributed by atoms with Crippen molar-refractivity contribution in [2.45, 2.75) is 45.1 Å². The Balaban J connectivity index is 1.48. The van der Waals surface area contributed by atoms with Gasteiger partial charge in [-0.2, -0.15) is 0 Å². The van der Waals surface area contributed by atoms with Crippen LogP contribution in [-0.4, -0.2) is 38.7 Å². The second-order valence-corrected chi connectivity index (χ2v) is 7.03. The summed E-state index contributed by atoms with van der Waals surface area (Å²) in [4.78, 5) is 7.41. The molecular weight excluding hydrogens is 298 g/mol. The van der Waals surface area contributed by atoms with Gasteiger partial charge in [0.1, 0.15) is 11.6 Å². The van der Waals surface area contributed by atoms with Crippen LogP contribution in [-0.2, 0) is 12.8 Å². The van der Waals surface area contributed by atoms with E-state index in [0.717, 1.165) is 31.8 Å². The number of fused-ring (bicyclic) bond motifs is 1. The first-order valence-corrected chi connectivity index (χ1v) is 9.00. The highest BCUT2D eigenvalue weighted by atomic mass is 16.3. The van der Waals surface area contributed by atoms with E-state index in [1.165, 1.54) is 42.0 Å². The van der Waals surface area contributed by atoms with Crippen molar-refractivity contribution < 1.29 is 5.11 Å². The van der Waals surface area contributed by atoms with Gasteiger partial charge in [0.05, 0.1) is 5.69 Å². The third kappa shape index (κ3) is 3.11. The molecule has 0 bridgehead atoms. The van der Waals surface area contributed by atoms with Crippen LogP contribution in [0.1, 0.15) is 43.3 Å². The monoisotopic (exact) mass is 323 g/mol. The second-order valence-electron chi connectivity index (χ2n) is 7.03. The summed E-state index contributed by atoms with van der Waals surface area (Å²) in [6.45, 7) is 4.68. The molecule has 0 saturated carbocycles. The Morgan fingerprint density at radius 1 is 1.21 bits per heavy atom. The molecule has 4 heteroatoms. The van der Waals surface area contributed by atoms with E-state index in [1.54, 1.807) is 12.1 Å². The highest BCUT2D eigenvalue weighted by molar-refractivity contribution is 5.77. The van der Waals surface area contributed by atoms with Crippen LogP contribution in [0.2, 0.25) is 0 Å². The summed E-state index contributed by atoms with van der Waals surface area (Å²) in [5.74, 6) is 1.49. The number of allylic oxidation sites excluding steroid dienone is 1. The lowest BCUT2D eigenvalue weighted by molar-refractivity contribution is 0.271. The predicted molar refractivity (Wildman–Crippen MR) is 96.8 cm³/mol. The molecule has 0 amide bonds. The Kier molecular flexibility index (Phi) is 4.15. The molecule has 1 fully saturated rings. The molecule has 126 valence electrons. The van der Waals surface area contributed by atoms with Crippen molar-refractivity contribution >= 4 is 11.8 Å². The molecular formula is C20H25N3O. The Hall–Kier alpha value is -2.07. The van der Waals surface area contributed by atoms with Gasteiger partial charge in [0.25, 0.3) is 0 Å². The standard InChI is InChI=1S/C20H25N3O/c1-15-3-2-11-22(15)12-10-18-14-23-13-17(6-9-20(23)21-18)16-4-7-19(24)8-5-16/h4-5,7-8,13-15,24H,2-3,6,9-12H2,1H3/t15-/m1/s1. The molecule has 0 unspecified atom stereocenters. The number of likely N-dealkylation sites (tertiary alicyclic amines) is 1. The molecule has 4 rings (SSSR count). The quantitative estimate of drug-likeness (QED) is 0.935. The number of aryl methyl sites for hydroxylation is 1. The van der Waals surface area contributed by atoms with Crippen molar-refractivity contribution in [1.29, 1.82) is 0 Å². The Morgan fingerprint density at radius 2 is 2.04 bits per heavy atom. The minimum Gasteiger partial charge on any atom is -0.508 e. The third-order valence-electron chi connectivity index (χ3n) is 5.36. The lowest BCUT2D eigenvalue weighted by atomic mass is 10.00. The van der Waals surface area contributed by atoms with Crippen LogP contribution in [0.4, 0.5) is 0 Å².